The van der Waals surface area contributed by atoms with Crippen LogP contribution in [0.1, 0.15) is 10.4 Å². The summed E-state index contributed by atoms with van der Waals surface area (Å²) in [5.41, 5.74) is 10.9. The number of aliphatic hydroxyl groups excluding tert-OH is 1. The molecule has 14 heavy (non-hydrogen) atoms. The van der Waals surface area contributed by atoms with Crippen molar-refractivity contribution in [2.45, 2.75) is 0 Å². The summed E-state index contributed by atoms with van der Waals surface area (Å²) in [6.07, 6.45) is 0.536. The second-order valence-corrected chi connectivity index (χ2v) is 2.50. The Morgan fingerprint density at radius 2 is 2.14 bits per heavy atom. The molecule has 76 valence electrons. The summed E-state index contributed by atoms with van der Waals surface area (Å²) >= 11 is 0. The molecule has 1 rings (SSSR count). The number of rotatable bonds is 4. The maximum atomic E-state index is 10.6. The number of anilines is 3. The minimum atomic E-state index is -0.0812. The van der Waals surface area contributed by atoms with Crippen LogP contribution in [0.4, 0.5) is 17.6 Å². The van der Waals surface area contributed by atoms with Crippen LogP contribution in [0.2, 0.25) is 0 Å². The van der Waals surface area contributed by atoms with Crippen molar-refractivity contribution in [3.63, 3.8) is 0 Å². The van der Waals surface area contributed by atoms with Gasteiger partial charge in [0.1, 0.15) is 11.6 Å². The molecule has 0 radical (unpaired) electrons. The Morgan fingerprint density at radius 1 is 1.43 bits per heavy atom. The van der Waals surface area contributed by atoms with Crippen molar-refractivity contribution in [3.8, 4) is 0 Å². The third-order valence-corrected chi connectivity index (χ3v) is 1.51. The second kappa shape index (κ2) is 4.38. The fourth-order valence-electron chi connectivity index (χ4n) is 0.930. The largest absolute Gasteiger partial charge is 0.395 e. The molecule has 1 aromatic heterocycles. The maximum absolute atomic E-state index is 10.6. The number of nitrogens with two attached hydrogens (primary N) is 2. The average molecular weight is 197 g/mol. The van der Waals surface area contributed by atoms with Gasteiger partial charge in [-0.1, -0.05) is 0 Å². The molecule has 0 aromatic carbocycles. The Labute approximate surface area is 80.2 Å². The van der Waals surface area contributed by atoms with Gasteiger partial charge in [0.05, 0.1) is 12.2 Å². The van der Waals surface area contributed by atoms with Crippen molar-refractivity contribution >= 4 is 23.9 Å². The van der Waals surface area contributed by atoms with E-state index in [1.807, 2.05) is 0 Å². The smallest absolute Gasteiger partial charge is 0.223 e. The van der Waals surface area contributed by atoms with E-state index in [1.165, 1.54) is 0 Å². The first-order valence-electron chi connectivity index (χ1n) is 3.92. The van der Waals surface area contributed by atoms with Crippen LogP contribution in [0.25, 0.3) is 0 Å². The Hall–Kier alpha value is -1.89. The molecule has 0 fully saturated rings. The Morgan fingerprint density at radius 3 is 2.71 bits per heavy atom. The van der Waals surface area contributed by atoms with E-state index < -0.39 is 0 Å². The van der Waals surface area contributed by atoms with E-state index in [1.54, 1.807) is 0 Å². The highest BCUT2D eigenvalue weighted by Crippen LogP contribution is 2.16. The molecule has 6 N–H and O–H groups in total. The Bertz CT molecular complexity index is 341. The average Bonchev–Trinajstić information content (AvgIpc) is 2.14. The monoisotopic (exact) mass is 197 g/mol. The first-order chi connectivity index (χ1) is 6.69. The lowest BCUT2D eigenvalue weighted by Gasteiger charge is -2.08. The molecule has 1 aromatic rings. The first kappa shape index (κ1) is 10.2. The van der Waals surface area contributed by atoms with Crippen LogP contribution in [0, 0.1) is 0 Å². The predicted molar refractivity (Wildman–Crippen MR) is 51.8 cm³/mol. The van der Waals surface area contributed by atoms with Gasteiger partial charge in [-0.05, 0) is 0 Å². The van der Waals surface area contributed by atoms with Crippen LogP contribution in [0.15, 0.2) is 0 Å². The van der Waals surface area contributed by atoms with Gasteiger partial charge in [-0.3, -0.25) is 4.79 Å². The van der Waals surface area contributed by atoms with Gasteiger partial charge in [-0.2, -0.15) is 9.97 Å². The summed E-state index contributed by atoms with van der Waals surface area (Å²) in [6, 6.07) is 0. The number of hydrogen-bond acceptors (Lipinski definition) is 7. The van der Waals surface area contributed by atoms with Gasteiger partial charge in [0.2, 0.25) is 5.95 Å². The van der Waals surface area contributed by atoms with Gasteiger partial charge in [0, 0.05) is 6.54 Å². The van der Waals surface area contributed by atoms with E-state index in [0.717, 1.165) is 0 Å². The second-order valence-electron chi connectivity index (χ2n) is 2.50. The summed E-state index contributed by atoms with van der Waals surface area (Å²) in [5.74, 6) is 0.237. The molecular formula is C7H11N5O2. The van der Waals surface area contributed by atoms with Crippen LogP contribution in [-0.4, -0.2) is 34.5 Å². The minimum Gasteiger partial charge on any atom is -0.395 e. The van der Waals surface area contributed by atoms with Crippen molar-refractivity contribution in [1.82, 2.24) is 9.97 Å². The number of nitrogens with zero attached hydrogens (tertiary/aromatic N) is 2. The van der Waals surface area contributed by atoms with Crippen molar-refractivity contribution in [3.05, 3.63) is 5.56 Å². The molecule has 0 aliphatic rings. The van der Waals surface area contributed by atoms with Crippen LogP contribution in [0.3, 0.4) is 0 Å². The summed E-state index contributed by atoms with van der Waals surface area (Å²) in [6.45, 7) is 0.179. The van der Waals surface area contributed by atoms with Gasteiger partial charge in [0.25, 0.3) is 0 Å². The molecule has 7 heteroatoms. The first-order valence-corrected chi connectivity index (χ1v) is 3.92. The number of carbonyl (C=O) groups is 1. The number of nitrogen functional groups attached to an aromatic ring is 2. The molecular weight excluding hydrogens is 186 g/mol. The van der Waals surface area contributed by atoms with Gasteiger partial charge < -0.3 is 21.9 Å². The summed E-state index contributed by atoms with van der Waals surface area (Å²) in [7, 11) is 0. The van der Waals surface area contributed by atoms with Crippen LogP contribution >= 0.6 is 0 Å². The van der Waals surface area contributed by atoms with Crippen LogP contribution < -0.4 is 16.8 Å². The molecule has 0 saturated carbocycles. The molecule has 0 aliphatic carbocycles. The number of carbonyl (C=O) groups excluding carboxylic acids is 1. The van der Waals surface area contributed by atoms with Crippen molar-refractivity contribution in [2.24, 2.45) is 0 Å². The quantitative estimate of drug-likeness (QED) is 0.449. The summed E-state index contributed by atoms with van der Waals surface area (Å²) in [5, 5.41) is 11.3. The molecule has 0 spiro atoms. The number of aromatic nitrogens is 2. The minimum absolute atomic E-state index is 0.0199. The standard InChI is InChI=1S/C7H11N5O2/c8-5-4(3-14)6(10-1-2-13)12-7(9)11-5/h3,13H,1-2H2,(H5,8,9,10,11,12). The van der Waals surface area contributed by atoms with E-state index in [4.69, 9.17) is 16.6 Å². The zero-order valence-corrected chi connectivity index (χ0v) is 7.40. The predicted octanol–water partition coefficient (Wildman–Crippen LogP) is -1.14. The zero-order valence-electron chi connectivity index (χ0n) is 7.40. The van der Waals surface area contributed by atoms with Gasteiger partial charge in [-0.25, -0.2) is 0 Å². The number of aldehydes is 1. The van der Waals surface area contributed by atoms with E-state index >= 15 is 0 Å². The molecule has 0 saturated heterocycles. The van der Waals surface area contributed by atoms with Crippen molar-refractivity contribution in [1.29, 1.82) is 0 Å². The third kappa shape index (κ3) is 2.07. The van der Waals surface area contributed by atoms with E-state index in [-0.39, 0.29) is 36.3 Å². The highest BCUT2D eigenvalue weighted by molar-refractivity contribution is 5.89. The molecule has 0 amide bonds. The lowest BCUT2D eigenvalue weighted by atomic mass is 10.3. The SMILES string of the molecule is Nc1nc(N)c(C=O)c(NCCO)n1. The third-order valence-electron chi connectivity index (χ3n) is 1.51. The highest BCUT2D eigenvalue weighted by atomic mass is 16.3. The van der Waals surface area contributed by atoms with Crippen molar-refractivity contribution < 1.29 is 9.90 Å². The maximum Gasteiger partial charge on any atom is 0.223 e. The Kier molecular flexibility index (Phi) is 3.19. The van der Waals surface area contributed by atoms with Crippen LogP contribution in [0.5, 0.6) is 0 Å². The fourth-order valence-corrected chi connectivity index (χ4v) is 0.930. The molecule has 0 bridgehead atoms. The molecule has 1 heterocycles. The van der Waals surface area contributed by atoms with Crippen LogP contribution in [-0.2, 0) is 0 Å². The van der Waals surface area contributed by atoms with Gasteiger partial charge in [-0.15, -0.1) is 0 Å². The van der Waals surface area contributed by atoms with Gasteiger partial charge in [0.15, 0.2) is 6.29 Å². The summed E-state index contributed by atoms with van der Waals surface area (Å²) in [4.78, 5) is 18.0. The number of aliphatic hydroxyl groups is 1. The highest BCUT2D eigenvalue weighted by Gasteiger charge is 2.09. The van der Waals surface area contributed by atoms with E-state index in [2.05, 4.69) is 15.3 Å². The van der Waals surface area contributed by atoms with Crippen molar-refractivity contribution in [2.75, 3.05) is 29.9 Å². The topological polar surface area (TPSA) is 127 Å². The lowest BCUT2D eigenvalue weighted by molar-refractivity contribution is 0.112. The normalized spacial score (nSPS) is 9.79. The number of nitrogens with one attached hydrogen (secondary N) is 1. The van der Waals surface area contributed by atoms with Gasteiger partial charge >= 0.3 is 0 Å². The number of hydrogen-bond donors (Lipinski definition) is 4. The lowest BCUT2D eigenvalue weighted by Crippen LogP contribution is -2.13. The molecule has 0 atom stereocenters. The molecule has 0 unspecified atom stereocenters. The van der Waals surface area contributed by atoms with E-state index in [9.17, 15) is 4.79 Å². The molecule has 0 aliphatic heterocycles. The zero-order chi connectivity index (χ0) is 10.6. The fraction of sp³-hybridized carbons (Fsp3) is 0.286. The molecule has 7 nitrogen and oxygen atoms in total. The Balaban J connectivity index is 3.05. The summed E-state index contributed by atoms with van der Waals surface area (Å²) < 4.78 is 0. The van der Waals surface area contributed by atoms with E-state index in [0.29, 0.717) is 6.29 Å².